The molecule has 2 aromatic rings. The number of rotatable bonds is 7. The van der Waals surface area contributed by atoms with Gasteiger partial charge in [0, 0.05) is 36.5 Å². The largest absolute Gasteiger partial charge is 0.495 e. The quantitative estimate of drug-likeness (QED) is 0.790. The maximum absolute atomic E-state index is 12.5. The minimum absolute atomic E-state index is 0.228. The maximum Gasteiger partial charge on any atom is 0.255 e. The Kier molecular flexibility index (Phi) is 6.53. The second-order valence-electron chi connectivity index (χ2n) is 5.36. The van der Waals surface area contributed by atoms with Crippen LogP contribution >= 0.6 is 11.6 Å². The predicted octanol–water partition coefficient (Wildman–Crippen LogP) is 4.46. The van der Waals surface area contributed by atoms with Gasteiger partial charge in [0.2, 0.25) is 0 Å². The topological polar surface area (TPSA) is 50.8 Å². The Bertz CT molecular complexity index is 728. The third-order valence-corrected chi connectivity index (χ3v) is 4.28. The van der Waals surface area contributed by atoms with E-state index in [1.807, 2.05) is 24.3 Å². The number of nitrogens with one attached hydrogen (secondary N) is 1. The van der Waals surface area contributed by atoms with Gasteiger partial charge in [0.05, 0.1) is 24.9 Å². The molecule has 0 bridgehead atoms. The number of methoxy groups -OCH3 is 2. The molecule has 0 atom stereocenters. The zero-order chi connectivity index (χ0) is 18.4. The Labute approximate surface area is 153 Å². The highest BCUT2D eigenvalue weighted by molar-refractivity contribution is 6.32. The van der Waals surface area contributed by atoms with Crippen molar-refractivity contribution < 1.29 is 14.3 Å². The fraction of sp³-hybridized carbons (Fsp3) is 0.316. The summed E-state index contributed by atoms with van der Waals surface area (Å²) in [6.45, 7) is 6.04. The van der Waals surface area contributed by atoms with Gasteiger partial charge in [0.1, 0.15) is 11.5 Å². The van der Waals surface area contributed by atoms with E-state index in [2.05, 4.69) is 24.1 Å². The molecule has 0 aliphatic heterocycles. The van der Waals surface area contributed by atoms with Crippen LogP contribution in [-0.2, 0) is 0 Å². The lowest BCUT2D eigenvalue weighted by molar-refractivity contribution is 0.102. The fourth-order valence-corrected chi connectivity index (χ4v) is 2.80. The summed E-state index contributed by atoms with van der Waals surface area (Å²) in [5.41, 5.74) is 2.15. The molecule has 5 nitrogen and oxygen atoms in total. The second-order valence-corrected chi connectivity index (χ2v) is 5.77. The standard InChI is InChI=1S/C19H23ClN2O3/c1-5-22(6-2)14-9-7-13(8-10-14)19(23)21-16-12-17(24-3)15(20)11-18(16)25-4/h7-12H,5-6H2,1-4H3,(H,21,23). The van der Waals surface area contributed by atoms with E-state index in [0.717, 1.165) is 18.8 Å². The van der Waals surface area contributed by atoms with Gasteiger partial charge >= 0.3 is 0 Å². The molecule has 0 saturated heterocycles. The van der Waals surface area contributed by atoms with Gasteiger partial charge in [-0.15, -0.1) is 0 Å². The lowest BCUT2D eigenvalue weighted by Crippen LogP contribution is -2.21. The summed E-state index contributed by atoms with van der Waals surface area (Å²) in [5.74, 6) is 0.710. The van der Waals surface area contributed by atoms with Crippen molar-refractivity contribution in [3.05, 3.63) is 47.0 Å². The Hall–Kier alpha value is -2.40. The molecule has 0 heterocycles. The van der Waals surface area contributed by atoms with Gasteiger partial charge < -0.3 is 19.7 Å². The molecule has 2 rings (SSSR count). The van der Waals surface area contributed by atoms with Crippen LogP contribution in [-0.4, -0.2) is 33.2 Å². The summed E-state index contributed by atoms with van der Waals surface area (Å²) >= 11 is 6.09. The molecule has 1 N–H and O–H groups in total. The number of halogens is 1. The van der Waals surface area contributed by atoms with E-state index < -0.39 is 0 Å². The SMILES string of the molecule is CCN(CC)c1ccc(C(=O)Nc2cc(OC)c(Cl)cc2OC)cc1. The van der Waals surface area contributed by atoms with E-state index in [1.54, 1.807) is 12.1 Å². The molecule has 134 valence electrons. The van der Waals surface area contributed by atoms with Gasteiger partial charge in [-0.2, -0.15) is 0 Å². The van der Waals surface area contributed by atoms with Crippen molar-refractivity contribution in [2.24, 2.45) is 0 Å². The lowest BCUT2D eigenvalue weighted by atomic mass is 10.1. The smallest absolute Gasteiger partial charge is 0.255 e. The molecule has 0 unspecified atom stereocenters. The Morgan fingerprint density at radius 3 is 2.16 bits per heavy atom. The minimum atomic E-state index is -0.228. The Morgan fingerprint density at radius 1 is 1.04 bits per heavy atom. The zero-order valence-corrected chi connectivity index (χ0v) is 15.7. The molecule has 0 saturated carbocycles. The van der Waals surface area contributed by atoms with E-state index in [-0.39, 0.29) is 5.91 Å². The van der Waals surface area contributed by atoms with Gasteiger partial charge in [-0.3, -0.25) is 4.79 Å². The average Bonchev–Trinajstić information content (AvgIpc) is 2.64. The van der Waals surface area contributed by atoms with Crippen LogP contribution in [0.5, 0.6) is 11.5 Å². The van der Waals surface area contributed by atoms with E-state index in [9.17, 15) is 4.79 Å². The average molecular weight is 363 g/mol. The number of benzene rings is 2. The lowest BCUT2D eigenvalue weighted by Gasteiger charge is -2.21. The van der Waals surface area contributed by atoms with E-state index in [4.69, 9.17) is 21.1 Å². The van der Waals surface area contributed by atoms with Crippen molar-refractivity contribution in [1.29, 1.82) is 0 Å². The monoisotopic (exact) mass is 362 g/mol. The molecule has 25 heavy (non-hydrogen) atoms. The van der Waals surface area contributed by atoms with Crippen molar-refractivity contribution in [2.75, 3.05) is 37.5 Å². The number of hydrogen-bond donors (Lipinski definition) is 1. The minimum Gasteiger partial charge on any atom is -0.495 e. The molecule has 0 aromatic heterocycles. The van der Waals surface area contributed by atoms with Gasteiger partial charge in [-0.25, -0.2) is 0 Å². The van der Waals surface area contributed by atoms with Crippen LogP contribution in [0.3, 0.4) is 0 Å². The Balaban J connectivity index is 2.22. The molecule has 0 radical (unpaired) electrons. The first-order valence-corrected chi connectivity index (χ1v) is 8.49. The van der Waals surface area contributed by atoms with Crippen LogP contribution < -0.4 is 19.7 Å². The first-order chi connectivity index (χ1) is 12.0. The molecule has 0 aliphatic rings. The molecule has 6 heteroatoms. The highest BCUT2D eigenvalue weighted by Gasteiger charge is 2.14. The third-order valence-electron chi connectivity index (χ3n) is 3.98. The summed E-state index contributed by atoms with van der Waals surface area (Å²) in [4.78, 5) is 14.7. The van der Waals surface area contributed by atoms with Crippen LogP contribution in [0, 0.1) is 0 Å². The number of anilines is 2. The summed E-state index contributed by atoms with van der Waals surface area (Å²) in [5, 5.41) is 3.26. The van der Waals surface area contributed by atoms with Gasteiger partial charge in [0.25, 0.3) is 5.91 Å². The fourth-order valence-electron chi connectivity index (χ4n) is 2.56. The summed E-state index contributed by atoms with van der Waals surface area (Å²) in [7, 11) is 3.04. The first-order valence-electron chi connectivity index (χ1n) is 8.11. The summed E-state index contributed by atoms with van der Waals surface area (Å²) in [6.07, 6.45) is 0. The highest BCUT2D eigenvalue weighted by atomic mass is 35.5. The van der Waals surface area contributed by atoms with E-state index in [1.165, 1.54) is 14.2 Å². The number of ether oxygens (including phenoxy) is 2. The number of carbonyl (C=O) groups excluding carboxylic acids is 1. The Morgan fingerprint density at radius 2 is 1.64 bits per heavy atom. The molecule has 2 aromatic carbocycles. The van der Waals surface area contributed by atoms with E-state index >= 15 is 0 Å². The van der Waals surface area contributed by atoms with Crippen LogP contribution in [0.4, 0.5) is 11.4 Å². The second kappa shape index (κ2) is 8.62. The number of amides is 1. The predicted molar refractivity (Wildman–Crippen MR) is 103 cm³/mol. The first kappa shape index (κ1) is 18.9. The normalized spacial score (nSPS) is 10.3. The van der Waals surface area contributed by atoms with Gasteiger partial charge in [0.15, 0.2) is 0 Å². The van der Waals surface area contributed by atoms with Gasteiger partial charge in [-0.1, -0.05) is 11.6 Å². The number of carbonyl (C=O) groups is 1. The highest BCUT2D eigenvalue weighted by Crippen LogP contribution is 2.36. The molecule has 0 fully saturated rings. The van der Waals surface area contributed by atoms with E-state index in [0.29, 0.717) is 27.8 Å². The molecule has 0 spiro atoms. The van der Waals surface area contributed by atoms with Crippen LogP contribution in [0.15, 0.2) is 36.4 Å². The van der Waals surface area contributed by atoms with Gasteiger partial charge in [-0.05, 0) is 38.1 Å². The van der Waals surface area contributed by atoms with Crippen LogP contribution in [0.2, 0.25) is 5.02 Å². The van der Waals surface area contributed by atoms with Crippen LogP contribution in [0.25, 0.3) is 0 Å². The zero-order valence-electron chi connectivity index (χ0n) is 14.9. The third kappa shape index (κ3) is 4.37. The summed E-state index contributed by atoms with van der Waals surface area (Å²) < 4.78 is 10.5. The van der Waals surface area contributed by atoms with Crippen molar-refractivity contribution in [2.45, 2.75) is 13.8 Å². The van der Waals surface area contributed by atoms with Crippen molar-refractivity contribution in [1.82, 2.24) is 0 Å². The molecular weight excluding hydrogens is 340 g/mol. The summed E-state index contributed by atoms with van der Waals surface area (Å²) in [6, 6.07) is 10.8. The van der Waals surface area contributed by atoms with Crippen LogP contribution in [0.1, 0.15) is 24.2 Å². The van der Waals surface area contributed by atoms with Crippen molar-refractivity contribution in [3.63, 3.8) is 0 Å². The molecule has 0 aliphatic carbocycles. The number of nitrogens with zero attached hydrogens (tertiary/aromatic N) is 1. The van der Waals surface area contributed by atoms with Crippen molar-refractivity contribution in [3.8, 4) is 11.5 Å². The molecule has 1 amide bonds. The number of hydrogen-bond acceptors (Lipinski definition) is 4. The van der Waals surface area contributed by atoms with Crippen molar-refractivity contribution >= 4 is 28.9 Å². The molecular formula is C19H23ClN2O3. The maximum atomic E-state index is 12.5.